The molecule has 1 heterocycles. The molecule has 0 saturated carbocycles. The highest BCUT2D eigenvalue weighted by molar-refractivity contribution is 5.81. The third-order valence-corrected chi connectivity index (χ3v) is 5.06. The fraction of sp³-hybridized carbons (Fsp3) is 0.423. The molecule has 0 aromatic heterocycles. The molecule has 0 saturated heterocycles. The second-order valence-electron chi connectivity index (χ2n) is 9.84. The average Bonchev–Trinajstić information content (AvgIpc) is 2.57. The molecule has 0 radical (unpaired) electrons. The molecule has 156 valence electrons. The van der Waals surface area contributed by atoms with Crippen LogP contribution in [0.5, 0.6) is 5.75 Å². The number of benzene rings is 1. The molecule has 0 amide bonds. The fourth-order valence-corrected chi connectivity index (χ4v) is 3.21. The SMILES string of the molecule is CC(C=CC=C(C)C1=Cc2cc(C(C)(C)C)cc(C(C)(C)C)c2OC1)=CC(=O)O. The number of aliphatic carboxylic acids is 1. The van der Waals surface area contributed by atoms with Crippen LogP contribution < -0.4 is 4.74 Å². The number of hydrogen-bond donors (Lipinski definition) is 1. The molecule has 1 aromatic carbocycles. The van der Waals surface area contributed by atoms with Crippen LogP contribution in [0.2, 0.25) is 0 Å². The summed E-state index contributed by atoms with van der Waals surface area (Å²) in [6.07, 6.45) is 9.10. The Bertz CT molecular complexity index is 910. The highest BCUT2D eigenvalue weighted by atomic mass is 16.5. The van der Waals surface area contributed by atoms with Gasteiger partial charge in [-0.2, -0.15) is 0 Å². The molecular weight excluding hydrogens is 360 g/mol. The third-order valence-electron chi connectivity index (χ3n) is 5.06. The van der Waals surface area contributed by atoms with Crippen molar-refractivity contribution < 1.29 is 14.6 Å². The van der Waals surface area contributed by atoms with Crippen LogP contribution in [0.4, 0.5) is 0 Å². The Kier molecular flexibility index (Phi) is 6.62. The first kappa shape index (κ1) is 22.7. The number of rotatable bonds is 4. The van der Waals surface area contributed by atoms with E-state index in [1.165, 1.54) is 17.2 Å². The summed E-state index contributed by atoms with van der Waals surface area (Å²) in [6, 6.07) is 4.53. The maximum Gasteiger partial charge on any atom is 0.328 e. The van der Waals surface area contributed by atoms with E-state index < -0.39 is 5.97 Å². The molecule has 1 aliphatic rings. The zero-order valence-electron chi connectivity index (χ0n) is 19.0. The lowest BCUT2D eigenvalue weighted by atomic mass is 9.78. The summed E-state index contributed by atoms with van der Waals surface area (Å²) in [7, 11) is 0. The van der Waals surface area contributed by atoms with E-state index in [1.54, 1.807) is 13.0 Å². The van der Waals surface area contributed by atoms with E-state index in [0.29, 0.717) is 12.2 Å². The maximum absolute atomic E-state index is 10.7. The molecule has 0 spiro atoms. The Labute approximate surface area is 175 Å². The molecule has 3 nitrogen and oxygen atoms in total. The van der Waals surface area contributed by atoms with E-state index >= 15 is 0 Å². The first-order chi connectivity index (χ1) is 13.3. The Morgan fingerprint density at radius 3 is 2.28 bits per heavy atom. The monoisotopic (exact) mass is 394 g/mol. The Morgan fingerprint density at radius 2 is 1.72 bits per heavy atom. The van der Waals surface area contributed by atoms with Crippen molar-refractivity contribution in [3.05, 3.63) is 69.8 Å². The molecule has 1 aliphatic heterocycles. The van der Waals surface area contributed by atoms with Gasteiger partial charge in [0.05, 0.1) is 0 Å². The average molecular weight is 395 g/mol. The van der Waals surface area contributed by atoms with Crippen LogP contribution in [0.3, 0.4) is 0 Å². The van der Waals surface area contributed by atoms with Crippen molar-refractivity contribution in [1.82, 2.24) is 0 Å². The lowest BCUT2D eigenvalue weighted by molar-refractivity contribution is -0.131. The van der Waals surface area contributed by atoms with E-state index in [2.05, 4.69) is 66.7 Å². The largest absolute Gasteiger partial charge is 0.488 e. The lowest BCUT2D eigenvalue weighted by Gasteiger charge is -2.31. The zero-order valence-corrected chi connectivity index (χ0v) is 19.0. The number of carboxylic acid groups (broad SMARTS) is 1. The van der Waals surface area contributed by atoms with Crippen LogP contribution in [-0.2, 0) is 15.6 Å². The van der Waals surface area contributed by atoms with Gasteiger partial charge in [-0.1, -0.05) is 65.8 Å². The third kappa shape index (κ3) is 5.96. The summed E-state index contributed by atoms with van der Waals surface area (Å²) < 4.78 is 6.24. The molecule has 1 aromatic rings. The van der Waals surface area contributed by atoms with Crippen molar-refractivity contribution in [1.29, 1.82) is 0 Å². The van der Waals surface area contributed by atoms with E-state index in [4.69, 9.17) is 9.84 Å². The van der Waals surface area contributed by atoms with Crippen LogP contribution in [0.1, 0.15) is 72.1 Å². The van der Waals surface area contributed by atoms with Crippen molar-refractivity contribution in [3.63, 3.8) is 0 Å². The normalized spacial score (nSPS) is 15.8. The minimum absolute atomic E-state index is 0.00168. The number of fused-ring (bicyclic) bond motifs is 1. The van der Waals surface area contributed by atoms with Crippen molar-refractivity contribution in [2.24, 2.45) is 0 Å². The zero-order chi connectivity index (χ0) is 22.0. The number of carboxylic acids is 1. The van der Waals surface area contributed by atoms with Crippen molar-refractivity contribution in [2.45, 2.75) is 66.2 Å². The van der Waals surface area contributed by atoms with Gasteiger partial charge in [-0.05, 0) is 59.1 Å². The van der Waals surface area contributed by atoms with Crippen molar-refractivity contribution in [3.8, 4) is 5.75 Å². The fourth-order valence-electron chi connectivity index (χ4n) is 3.21. The maximum atomic E-state index is 10.7. The smallest absolute Gasteiger partial charge is 0.328 e. The predicted molar refractivity (Wildman–Crippen MR) is 122 cm³/mol. The summed E-state index contributed by atoms with van der Waals surface area (Å²) in [5.41, 5.74) is 6.67. The first-order valence-electron chi connectivity index (χ1n) is 10.1. The van der Waals surface area contributed by atoms with Crippen molar-refractivity contribution >= 4 is 12.0 Å². The van der Waals surface area contributed by atoms with Crippen molar-refractivity contribution in [2.75, 3.05) is 6.61 Å². The highest BCUT2D eigenvalue weighted by Crippen LogP contribution is 2.41. The van der Waals surface area contributed by atoms with E-state index in [1.807, 2.05) is 12.2 Å². The van der Waals surface area contributed by atoms with Crippen LogP contribution >= 0.6 is 0 Å². The molecule has 0 fully saturated rings. The molecule has 0 unspecified atom stereocenters. The number of allylic oxidation sites excluding steroid dienone is 4. The highest BCUT2D eigenvalue weighted by Gasteiger charge is 2.27. The standard InChI is InChI=1S/C26H34O3/c1-17(12-23(27)28)10-9-11-18(2)20-13-19-14-21(25(3,4)5)15-22(26(6,7)8)24(19)29-16-20/h9-15H,16H2,1-8H3,(H,27,28). The predicted octanol–water partition coefficient (Wildman–Crippen LogP) is 6.59. The minimum Gasteiger partial charge on any atom is -0.488 e. The summed E-state index contributed by atoms with van der Waals surface area (Å²) in [5.74, 6) is 0.0509. The Morgan fingerprint density at radius 1 is 1.07 bits per heavy atom. The van der Waals surface area contributed by atoms with Gasteiger partial charge in [0.2, 0.25) is 0 Å². The van der Waals surface area contributed by atoms with Crippen LogP contribution in [-0.4, -0.2) is 17.7 Å². The van der Waals surface area contributed by atoms with Gasteiger partial charge in [-0.3, -0.25) is 0 Å². The lowest BCUT2D eigenvalue weighted by Crippen LogP contribution is -2.20. The summed E-state index contributed by atoms with van der Waals surface area (Å²) >= 11 is 0. The summed E-state index contributed by atoms with van der Waals surface area (Å²) in [6.45, 7) is 17.7. The molecule has 0 atom stereocenters. The molecule has 1 N–H and O–H groups in total. The number of ether oxygens (including phenoxy) is 1. The first-order valence-corrected chi connectivity index (χ1v) is 10.1. The van der Waals surface area contributed by atoms with Gasteiger partial charge in [0, 0.05) is 17.2 Å². The van der Waals surface area contributed by atoms with Gasteiger partial charge in [0.25, 0.3) is 0 Å². The van der Waals surface area contributed by atoms with Crippen LogP contribution in [0.15, 0.2) is 53.2 Å². The number of hydrogen-bond acceptors (Lipinski definition) is 2. The second kappa shape index (κ2) is 8.44. The quantitative estimate of drug-likeness (QED) is 0.463. The van der Waals surface area contributed by atoms with Gasteiger partial charge >= 0.3 is 5.97 Å². The summed E-state index contributed by atoms with van der Waals surface area (Å²) in [5, 5.41) is 8.80. The summed E-state index contributed by atoms with van der Waals surface area (Å²) in [4.78, 5) is 10.7. The van der Waals surface area contributed by atoms with Gasteiger partial charge in [-0.25, -0.2) is 4.79 Å². The Hall–Kier alpha value is -2.55. The van der Waals surface area contributed by atoms with E-state index in [0.717, 1.165) is 22.5 Å². The van der Waals surface area contributed by atoms with E-state index in [9.17, 15) is 4.79 Å². The minimum atomic E-state index is -0.933. The second-order valence-corrected chi connectivity index (χ2v) is 9.84. The van der Waals surface area contributed by atoms with Gasteiger partial charge in [0.15, 0.2) is 0 Å². The van der Waals surface area contributed by atoms with Gasteiger partial charge in [-0.15, -0.1) is 0 Å². The molecule has 0 aliphatic carbocycles. The van der Waals surface area contributed by atoms with Gasteiger partial charge in [0.1, 0.15) is 12.4 Å². The molecule has 2 rings (SSSR count). The van der Waals surface area contributed by atoms with Crippen LogP contribution in [0, 0.1) is 0 Å². The molecule has 29 heavy (non-hydrogen) atoms. The van der Waals surface area contributed by atoms with E-state index in [-0.39, 0.29) is 10.8 Å². The number of carbonyl (C=O) groups is 1. The molecule has 0 bridgehead atoms. The molecular formula is C26H34O3. The topological polar surface area (TPSA) is 46.5 Å². The molecule has 3 heteroatoms. The van der Waals surface area contributed by atoms with Crippen LogP contribution in [0.25, 0.3) is 6.08 Å². The van der Waals surface area contributed by atoms with Gasteiger partial charge < -0.3 is 9.84 Å². The Balaban J connectivity index is 2.45.